The van der Waals surface area contributed by atoms with Crippen molar-refractivity contribution < 1.29 is 9.47 Å². The van der Waals surface area contributed by atoms with E-state index in [1.54, 1.807) is 14.2 Å². The number of rotatable bonds is 13. The van der Waals surface area contributed by atoms with E-state index in [0.29, 0.717) is 0 Å². The molecule has 1 radical (unpaired) electrons. The topological polar surface area (TPSA) is 21.7 Å². The first kappa shape index (κ1) is 19.1. The number of methoxy groups -OCH3 is 2. The largest absolute Gasteiger partial charge is 0.360 e. The summed E-state index contributed by atoms with van der Waals surface area (Å²) in [5.41, 5.74) is 0. The normalized spacial score (nSPS) is 12.0. The molecule has 0 saturated carbocycles. The van der Waals surface area contributed by atoms with Gasteiger partial charge in [0.25, 0.3) is 0 Å². The van der Waals surface area contributed by atoms with E-state index < -0.39 is 8.80 Å². The van der Waals surface area contributed by atoms with Crippen molar-refractivity contribution in [3.8, 4) is 0 Å². The summed E-state index contributed by atoms with van der Waals surface area (Å²) in [4.78, 5) is 2.64. The molecule has 0 atom stereocenters. The van der Waals surface area contributed by atoms with Crippen LogP contribution in [0.2, 0.25) is 12.6 Å². The van der Waals surface area contributed by atoms with E-state index in [-0.39, 0.29) is 5.91 Å². The summed E-state index contributed by atoms with van der Waals surface area (Å²) in [6.07, 6.45) is 6.52. The smallest absolute Gasteiger partial charge is 0.138 e. The molecule has 0 bridgehead atoms. The van der Waals surface area contributed by atoms with Crippen LogP contribution in [0.25, 0.3) is 0 Å². The molecule has 0 aromatic carbocycles. The van der Waals surface area contributed by atoms with Gasteiger partial charge in [0.2, 0.25) is 0 Å². The Balaban J connectivity index is 3.88. The summed E-state index contributed by atoms with van der Waals surface area (Å²) in [5, 5.41) is 0. The molecular formula is C15H34NO2Si. The Kier molecular flexibility index (Phi) is 13.2. The van der Waals surface area contributed by atoms with Gasteiger partial charge in [-0.3, -0.25) is 0 Å². The van der Waals surface area contributed by atoms with Crippen LogP contribution in [0.1, 0.15) is 46.0 Å². The first-order valence-corrected chi connectivity index (χ1v) is 10.1. The number of unbranched alkanes of at least 4 members (excludes halogenated alkanes) is 2. The van der Waals surface area contributed by atoms with Crippen LogP contribution in [0.5, 0.6) is 0 Å². The summed E-state index contributed by atoms with van der Waals surface area (Å²) in [7, 11) is 2.96. The van der Waals surface area contributed by atoms with Crippen LogP contribution in [0, 0.1) is 0 Å². The van der Waals surface area contributed by atoms with Gasteiger partial charge in [-0.2, -0.15) is 0 Å². The van der Waals surface area contributed by atoms with Crippen LogP contribution in [-0.2, 0) is 9.47 Å². The van der Waals surface area contributed by atoms with Gasteiger partial charge in [0, 0.05) is 14.2 Å². The van der Waals surface area contributed by atoms with Crippen molar-refractivity contribution in [3.63, 3.8) is 0 Å². The van der Waals surface area contributed by atoms with Gasteiger partial charge in [0.15, 0.2) is 0 Å². The van der Waals surface area contributed by atoms with E-state index in [4.69, 9.17) is 9.47 Å². The van der Waals surface area contributed by atoms with Crippen molar-refractivity contribution in [1.29, 1.82) is 0 Å². The zero-order valence-electron chi connectivity index (χ0n) is 13.7. The summed E-state index contributed by atoms with van der Waals surface area (Å²) < 4.78 is 10.7. The molecule has 0 spiro atoms. The van der Waals surface area contributed by atoms with Crippen LogP contribution < -0.4 is 0 Å². The fourth-order valence-corrected chi connectivity index (χ4v) is 4.05. The van der Waals surface area contributed by atoms with Crippen LogP contribution in [0.3, 0.4) is 0 Å². The second kappa shape index (κ2) is 13.1. The molecule has 115 valence electrons. The molecule has 0 unspecified atom stereocenters. The van der Waals surface area contributed by atoms with E-state index >= 15 is 0 Å². The van der Waals surface area contributed by atoms with Gasteiger partial charge in [-0.15, -0.1) is 0 Å². The van der Waals surface area contributed by atoms with Gasteiger partial charge in [-0.05, 0) is 38.9 Å². The second-order valence-electron chi connectivity index (χ2n) is 5.30. The molecule has 0 fully saturated rings. The minimum absolute atomic E-state index is 0.0460. The Morgan fingerprint density at radius 3 is 1.79 bits per heavy atom. The van der Waals surface area contributed by atoms with Crippen molar-refractivity contribution in [1.82, 2.24) is 4.90 Å². The zero-order valence-corrected chi connectivity index (χ0v) is 14.7. The highest BCUT2D eigenvalue weighted by molar-refractivity contribution is 6.58. The molecule has 0 saturated heterocycles. The summed E-state index contributed by atoms with van der Waals surface area (Å²) in [6.45, 7) is 10.6. The van der Waals surface area contributed by atoms with E-state index in [9.17, 15) is 0 Å². The molecule has 0 aliphatic heterocycles. The molecule has 0 aliphatic rings. The molecule has 3 nitrogen and oxygen atoms in total. The molecule has 0 aromatic rings. The molecule has 0 N–H and O–H groups in total. The second-order valence-corrected chi connectivity index (χ2v) is 7.97. The monoisotopic (exact) mass is 288 g/mol. The van der Waals surface area contributed by atoms with Crippen molar-refractivity contribution in [2.75, 3.05) is 33.9 Å². The lowest BCUT2D eigenvalue weighted by atomic mass is 10.2. The highest BCUT2D eigenvalue weighted by atomic mass is 28.3. The highest BCUT2D eigenvalue weighted by Gasteiger charge is 2.17. The predicted octanol–water partition coefficient (Wildman–Crippen LogP) is 3.56. The van der Waals surface area contributed by atoms with Crippen molar-refractivity contribution in [2.24, 2.45) is 0 Å². The van der Waals surface area contributed by atoms with Crippen molar-refractivity contribution in [3.05, 3.63) is 0 Å². The van der Waals surface area contributed by atoms with Gasteiger partial charge in [0.05, 0.1) is 0 Å². The van der Waals surface area contributed by atoms with Crippen LogP contribution >= 0.6 is 0 Å². The van der Waals surface area contributed by atoms with Gasteiger partial charge < -0.3 is 14.4 Å². The number of hydrogen-bond acceptors (Lipinski definition) is 3. The highest BCUT2D eigenvalue weighted by Crippen LogP contribution is 2.08. The Labute approximate surface area is 122 Å². The Bertz CT molecular complexity index is 181. The molecule has 0 rings (SSSR count). The number of ether oxygens (including phenoxy) is 2. The summed E-state index contributed by atoms with van der Waals surface area (Å²) >= 11 is 0. The molecule has 4 heteroatoms. The number of hydrogen-bond donors (Lipinski definition) is 0. The molecule has 19 heavy (non-hydrogen) atoms. The average Bonchev–Trinajstić information content (AvgIpc) is 2.42. The maximum Gasteiger partial charge on any atom is 0.138 e. The first-order chi connectivity index (χ1) is 9.19. The summed E-state index contributed by atoms with van der Waals surface area (Å²) in [6, 6.07) is 1.27. The van der Waals surface area contributed by atoms with Crippen molar-refractivity contribution in [2.45, 2.75) is 64.5 Å². The zero-order chi connectivity index (χ0) is 14.5. The fourth-order valence-electron chi connectivity index (χ4n) is 2.30. The molecule has 0 aliphatic carbocycles. The van der Waals surface area contributed by atoms with E-state index in [1.807, 2.05) is 0 Å². The van der Waals surface area contributed by atoms with Gasteiger partial charge in [-0.1, -0.05) is 39.3 Å². The third-order valence-electron chi connectivity index (χ3n) is 3.53. The minimum atomic E-state index is -0.537. The van der Waals surface area contributed by atoms with Crippen LogP contribution in [0.15, 0.2) is 0 Å². The van der Waals surface area contributed by atoms with Gasteiger partial charge in [-0.25, -0.2) is 0 Å². The summed E-state index contributed by atoms with van der Waals surface area (Å²) in [5.74, 6) is 0.0460. The molecule has 0 heterocycles. The quantitative estimate of drug-likeness (QED) is 0.382. The first-order valence-electron chi connectivity index (χ1n) is 7.79. The Morgan fingerprint density at radius 2 is 1.37 bits per heavy atom. The third-order valence-corrected chi connectivity index (χ3v) is 5.95. The lowest BCUT2D eigenvalue weighted by molar-refractivity contribution is -0.0470. The molecule has 0 amide bonds. The average molecular weight is 289 g/mol. The lowest BCUT2D eigenvalue weighted by Crippen LogP contribution is -2.33. The number of nitrogens with zero attached hydrogens (tertiary/aromatic N) is 1. The van der Waals surface area contributed by atoms with E-state index in [1.165, 1.54) is 57.8 Å². The minimum Gasteiger partial charge on any atom is -0.360 e. The van der Waals surface area contributed by atoms with E-state index in [2.05, 4.69) is 25.3 Å². The van der Waals surface area contributed by atoms with Gasteiger partial charge in [0.1, 0.15) is 14.7 Å². The van der Waals surface area contributed by atoms with Crippen molar-refractivity contribution >= 4 is 8.80 Å². The van der Waals surface area contributed by atoms with Crippen LogP contribution in [-0.4, -0.2) is 53.5 Å². The SMILES string of the molecule is CCCCN(CCCC)CCC[Si](C)C(OC)OC. The van der Waals surface area contributed by atoms with Crippen LogP contribution in [0.4, 0.5) is 0 Å². The maximum absolute atomic E-state index is 5.36. The third kappa shape index (κ3) is 9.60. The Hall–Kier alpha value is 0.0969. The molecule has 0 aromatic heterocycles. The lowest BCUT2D eigenvalue weighted by Gasteiger charge is -2.24. The standard InChI is InChI=1S/C15H34NO2Si/c1-6-8-11-16(12-9-7-2)13-10-14-19(5)15(17-3)18-4/h15H,6-14H2,1-5H3. The molecular weight excluding hydrogens is 254 g/mol. The fraction of sp³-hybridized carbons (Fsp3) is 1.00. The Morgan fingerprint density at radius 1 is 0.895 bits per heavy atom. The predicted molar refractivity (Wildman–Crippen MR) is 85.1 cm³/mol. The maximum atomic E-state index is 5.36. The van der Waals surface area contributed by atoms with Gasteiger partial charge >= 0.3 is 0 Å². The van der Waals surface area contributed by atoms with E-state index in [0.717, 1.165) is 0 Å².